The number of phenolic OH excluding ortho intramolecular Hbond substituents is 1. The molecular weight excluding hydrogens is 315 g/mol. The van der Waals surface area contributed by atoms with E-state index in [0.29, 0.717) is 11.3 Å². The third-order valence-corrected chi connectivity index (χ3v) is 3.33. The quantitative estimate of drug-likeness (QED) is 0.669. The lowest BCUT2D eigenvalue weighted by Gasteiger charge is -2.08. The van der Waals surface area contributed by atoms with E-state index in [1.165, 1.54) is 19.2 Å². The van der Waals surface area contributed by atoms with Crippen LogP contribution in [0.4, 0.5) is 0 Å². The van der Waals surface area contributed by atoms with Crippen LogP contribution in [0, 0.1) is 6.92 Å². The highest BCUT2D eigenvalue weighted by atomic mass is 35.5. The lowest BCUT2D eigenvalue weighted by Crippen LogP contribution is -2.04. The first-order chi connectivity index (χ1) is 9.92. The maximum Gasteiger partial charge on any atom is 0.338 e. The number of aryl methyl sites for hydroxylation is 1. The minimum absolute atomic E-state index is 0.0468. The van der Waals surface area contributed by atoms with Crippen LogP contribution in [0.15, 0.2) is 18.2 Å². The van der Waals surface area contributed by atoms with Crippen molar-refractivity contribution in [1.29, 1.82) is 0 Å². The number of nitrogens with one attached hydrogen (secondary N) is 1. The van der Waals surface area contributed by atoms with Gasteiger partial charge in [-0.2, -0.15) is 5.10 Å². The molecular formula is C14H12Cl2N2O3. The first-order valence-electron chi connectivity index (χ1n) is 5.92. The number of ether oxygens (including phenoxy) is 1. The zero-order valence-electron chi connectivity index (χ0n) is 11.3. The van der Waals surface area contributed by atoms with E-state index in [1.807, 2.05) is 6.92 Å². The largest absolute Gasteiger partial charge is 0.505 e. The maximum atomic E-state index is 12.0. The van der Waals surface area contributed by atoms with Crippen molar-refractivity contribution in [2.75, 3.05) is 7.11 Å². The Hall–Kier alpha value is -1.98. The van der Waals surface area contributed by atoms with E-state index in [4.69, 9.17) is 27.9 Å². The third-order valence-electron chi connectivity index (χ3n) is 2.75. The smallest absolute Gasteiger partial charge is 0.338 e. The van der Waals surface area contributed by atoms with E-state index < -0.39 is 5.97 Å². The van der Waals surface area contributed by atoms with Gasteiger partial charge in [0.15, 0.2) is 5.75 Å². The van der Waals surface area contributed by atoms with Gasteiger partial charge in [0, 0.05) is 5.69 Å². The molecule has 0 saturated carbocycles. The molecule has 5 nitrogen and oxygen atoms in total. The lowest BCUT2D eigenvalue weighted by molar-refractivity contribution is -0.133. The number of aromatic nitrogens is 2. The third kappa shape index (κ3) is 3.37. The molecule has 0 aliphatic carbocycles. The maximum absolute atomic E-state index is 12.0. The highest BCUT2D eigenvalue weighted by Gasteiger charge is 2.17. The van der Waals surface area contributed by atoms with Gasteiger partial charge < -0.3 is 9.84 Å². The molecule has 0 atom stereocenters. The molecule has 0 aliphatic heterocycles. The van der Waals surface area contributed by atoms with Gasteiger partial charge in [-0.3, -0.25) is 5.10 Å². The highest BCUT2D eigenvalue weighted by molar-refractivity contribution is 6.38. The number of methoxy groups -OCH3 is 1. The number of esters is 1. The summed E-state index contributed by atoms with van der Waals surface area (Å²) in [6.07, 6.45) is 1.55. The fourth-order valence-electron chi connectivity index (χ4n) is 1.75. The molecule has 21 heavy (non-hydrogen) atoms. The number of phenols is 1. The summed E-state index contributed by atoms with van der Waals surface area (Å²) < 4.78 is 4.76. The summed E-state index contributed by atoms with van der Waals surface area (Å²) in [5.74, 6) is -0.796. The first kappa shape index (κ1) is 15.4. The predicted molar refractivity (Wildman–Crippen MR) is 81.3 cm³/mol. The lowest BCUT2D eigenvalue weighted by atomic mass is 10.0. The SMILES string of the molecule is COC(=O)C(=Cc1cc(C)[nH]n1)c1cc(Cl)c(O)c(Cl)c1. The summed E-state index contributed by atoms with van der Waals surface area (Å²) in [5, 5.41) is 16.5. The number of halogens is 2. The average molecular weight is 327 g/mol. The van der Waals surface area contributed by atoms with Crippen molar-refractivity contribution in [3.63, 3.8) is 0 Å². The zero-order chi connectivity index (χ0) is 15.6. The number of rotatable bonds is 3. The van der Waals surface area contributed by atoms with E-state index in [0.717, 1.165) is 5.69 Å². The Bertz CT molecular complexity index is 700. The molecule has 1 heterocycles. The number of nitrogens with zero attached hydrogens (tertiary/aromatic N) is 1. The zero-order valence-corrected chi connectivity index (χ0v) is 12.8. The number of H-pyrrole nitrogens is 1. The summed E-state index contributed by atoms with van der Waals surface area (Å²) in [7, 11) is 1.27. The highest BCUT2D eigenvalue weighted by Crippen LogP contribution is 2.35. The molecule has 110 valence electrons. The summed E-state index contributed by atoms with van der Waals surface area (Å²) in [6.45, 7) is 1.84. The van der Waals surface area contributed by atoms with Crippen LogP contribution in [0.5, 0.6) is 5.75 Å². The van der Waals surface area contributed by atoms with Gasteiger partial charge in [-0.15, -0.1) is 0 Å². The molecule has 1 aromatic heterocycles. The second-order valence-corrected chi connectivity index (χ2v) is 5.13. The van der Waals surface area contributed by atoms with Crippen molar-refractivity contribution < 1.29 is 14.6 Å². The summed E-state index contributed by atoms with van der Waals surface area (Å²) in [4.78, 5) is 12.0. The van der Waals surface area contributed by atoms with Gasteiger partial charge in [-0.25, -0.2) is 4.79 Å². The minimum atomic E-state index is -0.562. The van der Waals surface area contributed by atoms with Crippen LogP contribution in [0.2, 0.25) is 10.0 Å². The van der Waals surface area contributed by atoms with Crippen LogP contribution >= 0.6 is 23.2 Å². The second kappa shape index (κ2) is 6.20. The Morgan fingerprint density at radius 2 is 1.95 bits per heavy atom. The molecule has 0 spiro atoms. The topological polar surface area (TPSA) is 75.2 Å². The number of aromatic amines is 1. The number of hydrogen-bond donors (Lipinski definition) is 2. The van der Waals surface area contributed by atoms with Crippen LogP contribution in [0.3, 0.4) is 0 Å². The first-order valence-corrected chi connectivity index (χ1v) is 6.68. The Balaban J connectivity index is 2.56. The molecule has 0 unspecified atom stereocenters. The van der Waals surface area contributed by atoms with Gasteiger partial charge in [0.1, 0.15) is 0 Å². The summed E-state index contributed by atoms with van der Waals surface area (Å²) in [6, 6.07) is 4.64. The van der Waals surface area contributed by atoms with Crippen LogP contribution in [-0.4, -0.2) is 28.4 Å². The summed E-state index contributed by atoms with van der Waals surface area (Å²) >= 11 is 11.8. The number of carbonyl (C=O) groups excluding carboxylic acids is 1. The van der Waals surface area contributed by atoms with Crippen molar-refractivity contribution in [3.8, 4) is 5.75 Å². The van der Waals surface area contributed by atoms with Crippen molar-refractivity contribution in [3.05, 3.63) is 45.2 Å². The molecule has 0 fully saturated rings. The Kier molecular flexibility index (Phi) is 4.55. The van der Waals surface area contributed by atoms with Crippen LogP contribution < -0.4 is 0 Å². The number of aromatic hydroxyl groups is 1. The predicted octanol–water partition coefficient (Wildman–Crippen LogP) is 3.44. The average Bonchev–Trinajstić information content (AvgIpc) is 2.86. The monoisotopic (exact) mass is 326 g/mol. The normalized spacial score (nSPS) is 11.5. The second-order valence-electron chi connectivity index (χ2n) is 4.31. The molecule has 7 heteroatoms. The van der Waals surface area contributed by atoms with E-state index in [2.05, 4.69) is 10.2 Å². The molecule has 2 aromatic rings. The van der Waals surface area contributed by atoms with Crippen molar-refractivity contribution in [2.24, 2.45) is 0 Å². The number of benzene rings is 1. The molecule has 0 saturated heterocycles. The minimum Gasteiger partial charge on any atom is -0.505 e. The van der Waals surface area contributed by atoms with E-state index >= 15 is 0 Å². The van der Waals surface area contributed by atoms with Crippen LogP contribution in [0.25, 0.3) is 11.6 Å². The fourth-order valence-corrected chi connectivity index (χ4v) is 2.24. The van der Waals surface area contributed by atoms with Crippen molar-refractivity contribution in [2.45, 2.75) is 6.92 Å². The van der Waals surface area contributed by atoms with Gasteiger partial charge in [0.2, 0.25) is 0 Å². The van der Waals surface area contributed by atoms with Crippen LogP contribution in [-0.2, 0) is 9.53 Å². The molecule has 1 aromatic carbocycles. The summed E-state index contributed by atoms with van der Waals surface area (Å²) in [5.41, 5.74) is 2.07. The molecule has 0 amide bonds. The molecule has 0 radical (unpaired) electrons. The Morgan fingerprint density at radius 1 is 1.33 bits per heavy atom. The fraction of sp³-hybridized carbons (Fsp3) is 0.143. The molecule has 2 rings (SSSR count). The molecule has 0 aliphatic rings. The molecule has 0 bridgehead atoms. The van der Waals surface area contributed by atoms with Gasteiger partial charge in [0.05, 0.1) is 28.4 Å². The van der Waals surface area contributed by atoms with Crippen molar-refractivity contribution in [1.82, 2.24) is 10.2 Å². The van der Waals surface area contributed by atoms with E-state index in [-0.39, 0.29) is 21.4 Å². The van der Waals surface area contributed by atoms with Gasteiger partial charge >= 0.3 is 5.97 Å². The van der Waals surface area contributed by atoms with E-state index in [9.17, 15) is 9.90 Å². The van der Waals surface area contributed by atoms with Gasteiger partial charge in [-0.1, -0.05) is 23.2 Å². The number of carbonyl (C=O) groups is 1. The van der Waals surface area contributed by atoms with Crippen molar-refractivity contribution >= 4 is 40.8 Å². The number of hydrogen-bond acceptors (Lipinski definition) is 4. The van der Waals surface area contributed by atoms with E-state index in [1.54, 1.807) is 12.1 Å². The Labute approximate surface area is 131 Å². The van der Waals surface area contributed by atoms with Gasteiger partial charge in [-0.05, 0) is 36.8 Å². The Morgan fingerprint density at radius 3 is 2.43 bits per heavy atom. The van der Waals surface area contributed by atoms with Gasteiger partial charge in [0.25, 0.3) is 0 Å². The van der Waals surface area contributed by atoms with Crippen LogP contribution in [0.1, 0.15) is 17.0 Å². The molecule has 2 N–H and O–H groups in total. The standard InChI is InChI=1S/C14H12Cl2N2O3/c1-7-3-9(18-17-7)6-10(14(20)21-2)8-4-11(15)13(19)12(16)5-8/h3-6,19H,1-2H3,(H,17,18).